The number of nitrogens with zero attached hydrogens (tertiary/aromatic N) is 2. The van der Waals surface area contributed by atoms with E-state index in [1.807, 2.05) is 6.07 Å². The molecular weight excluding hydrogens is 269 g/mol. The van der Waals surface area contributed by atoms with Crippen molar-refractivity contribution in [2.24, 2.45) is 0 Å². The molecule has 1 aromatic rings. The summed E-state index contributed by atoms with van der Waals surface area (Å²) >= 11 is 0. The number of hydrogen-bond acceptors (Lipinski definition) is 3. The fourth-order valence-electron chi connectivity index (χ4n) is 2.26. The van der Waals surface area contributed by atoms with Crippen LogP contribution in [0.1, 0.15) is 18.5 Å². The Bertz CT molecular complexity index is 513. The van der Waals surface area contributed by atoms with Gasteiger partial charge in [0.2, 0.25) is 0 Å². The minimum Gasteiger partial charge on any atom is -0.261 e. The van der Waals surface area contributed by atoms with Crippen LogP contribution in [0.3, 0.4) is 0 Å². The summed E-state index contributed by atoms with van der Waals surface area (Å²) in [4.78, 5) is 4.12. The normalized spacial score (nSPS) is 20.3. The maximum Gasteiger partial charge on any atom is 0.279 e. The molecule has 0 bridgehead atoms. The predicted molar refractivity (Wildman–Crippen MR) is 70.6 cm³/mol. The lowest BCUT2D eigenvalue weighted by molar-refractivity contribution is 0.0876. The third-order valence-corrected chi connectivity index (χ3v) is 5.00. The highest BCUT2D eigenvalue weighted by molar-refractivity contribution is 7.87. The molecule has 19 heavy (non-hydrogen) atoms. The molecule has 7 heteroatoms. The Morgan fingerprint density at radius 2 is 2.11 bits per heavy atom. The van der Waals surface area contributed by atoms with Crippen molar-refractivity contribution >= 4 is 10.2 Å². The zero-order chi connectivity index (χ0) is 13.9. The summed E-state index contributed by atoms with van der Waals surface area (Å²) in [5.74, 6) is 0. The molecule has 106 valence electrons. The number of rotatable bonds is 4. The van der Waals surface area contributed by atoms with Gasteiger partial charge in [0.15, 0.2) is 0 Å². The van der Waals surface area contributed by atoms with Crippen molar-refractivity contribution in [2.45, 2.75) is 24.9 Å². The maximum absolute atomic E-state index is 14.6. The molecule has 1 aliphatic heterocycles. The highest BCUT2D eigenvalue weighted by Crippen LogP contribution is 2.30. The van der Waals surface area contributed by atoms with Crippen LogP contribution in [0.4, 0.5) is 4.39 Å². The number of halogens is 1. The van der Waals surface area contributed by atoms with E-state index in [1.165, 1.54) is 11.4 Å². The Morgan fingerprint density at radius 3 is 2.63 bits per heavy atom. The molecule has 1 fully saturated rings. The van der Waals surface area contributed by atoms with Gasteiger partial charge in [0.05, 0.1) is 0 Å². The second-order valence-corrected chi connectivity index (χ2v) is 6.63. The van der Waals surface area contributed by atoms with Crippen LogP contribution in [0.15, 0.2) is 24.4 Å². The molecule has 0 radical (unpaired) electrons. The van der Waals surface area contributed by atoms with E-state index in [4.69, 9.17) is 0 Å². The van der Waals surface area contributed by atoms with Gasteiger partial charge in [-0.1, -0.05) is 6.07 Å². The van der Waals surface area contributed by atoms with Crippen LogP contribution < -0.4 is 4.72 Å². The first kappa shape index (κ1) is 14.4. The van der Waals surface area contributed by atoms with Gasteiger partial charge >= 0.3 is 0 Å². The number of alkyl halides is 1. The van der Waals surface area contributed by atoms with E-state index in [0.29, 0.717) is 5.69 Å². The molecule has 0 amide bonds. The topological polar surface area (TPSA) is 62.3 Å². The molecule has 0 spiro atoms. The molecule has 1 aliphatic rings. The van der Waals surface area contributed by atoms with Crippen LogP contribution in [-0.4, -0.2) is 43.5 Å². The first-order chi connectivity index (χ1) is 8.95. The van der Waals surface area contributed by atoms with Gasteiger partial charge in [-0.25, -0.2) is 9.11 Å². The minimum atomic E-state index is -3.44. The predicted octanol–water partition coefficient (Wildman–Crippen LogP) is 0.892. The Labute approximate surface area is 113 Å². The number of pyridine rings is 1. The second-order valence-electron chi connectivity index (χ2n) is 4.76. The molecule has 1 aromatic heterocycles. The number of hydrogen-bond donors (Lipinski definition) is 1. The first-order valence-corrected chi connectivity index (χ1v) is 7.67. The highest BCUT2D eigenvalue weighted by Gasteiger charge is 2.38. The summed E-state index contributed by atoms with van der Waals surface area (Å²) < 4.78 is 41.4. The van der Waals surface area contributed by atoms with Crippen molar-refractivity contribution in [2.75, 3.05) is 20.1 Å². The van der Waals surface area contributed by atoms with Crippen LogP contribution in [0.5, 0.6) is 0 Å². The molecule has 0 aromatic carbocycles. The van der Waals surface area contributed by atoms with E-state index in [9.17, 15) is 12.8 Å². The van der Waals surface area contributed by atoms with Crippen molar-refractivity contribution in [1.82, 2.24) is 14.0 Å². The minimum absolute atomic E-state index is 0.199. The van der Waals surface area contributed by atoms with Crippen LogP contribution in [0.2, 0.25) is 0 Å². The Kier molecular flexibility index (Phi) is 4.17. The van der Waals surface area contributed by atoms with Crippen molar-refractivity contribution in [3.63, 3.8) is 0 Å². The molecule has 0 unspecified atom stereocenters. The smallest absolute Gasteiger partial charge is 0.261 e. The molecule has 1 N–H and O–H groups in total. The monoisotopic (exact) mass is 287 g/mol. The van der Waals surface area contributed by atoms with Gasteiger partial charge in [-0.2, -0.15) is 12.7 Å². The summed E-state index contributed by atoms with van der Waals surface area (Å²) in [6, 6.07) is 5.40. The molecule has 5 nitrogen and oxygen atoms in total. The quantitative estimate of drug-likeness (QED) is 0.894. The third-order valence-electron chi connectivity index (χ3n) is 3.44. The lowest BCUT2D eigenvalue weighted by atomic mass is 9.89. The third kappa shape index (κ3) is 3.49. The molecule has 1 saturated heterocycles. The summed E-state index contributed by atoms with van der Waals surface area (Å²) in [7, 11) is -2.08. The van der Waals surface area contributed by atoms with Crippen LogP contribution in [0.25, 0.3) is 0 Å². The Balaban J connectivity index is 1.99. The van der Waals surface area contributed by atoms with Crippen molar-refractivity contribution in [1.29, 1.82) is 0 Å². The summed E-state index contributed by atoms with van der Waals surface area (Å²) in [6.45, 7) is 0.402. The molecule has 0 aliphatic carbocycles. The summed E-state index contributed by atoms with van der Waals surface area (Å²) in [5, 5.41) is 0. The fourth-order valence-corrected chi connectivity index (χ4v) is 3.18. The van der Waals surface area contributed by atoms with E-state index < -0.39 is 15.9 Å². The molecule has 2 heterocycles. The summed E-state index contributed by atoms with van der Waals surface area (Å²) in [5.41, 5.74) is -0.663. The molecule has 2 rings (SSSR count). The van der Waals surface area contributed by atoms with Crippen LogP contribution in [-0.2, 0) is 16.6 Å². The molecular formula is C12H18FN3O2S. The standard InChI is InChI=1S/C12H18FN3O2S/c1-14-19(17,18)16-8-5-12(13,6-9-16)10-11-4-2-3-7-15-11/h2-4,7,14H,5-6,8-10H2,1H3. The first-order valence-electron chi connectivity index (χ1n) is 6.23. The molecule has 0 saturated carbocycles. The van der Waals surface area contributed by atoms with Gasteiger partial charge < -0.3 is 0 Å². The van der Waals surface area contributed by atoms with Crippen molar-refractivity contribution in [3.8, 4) is 0 Å². The van der Waals surface area contributed by atoms with Gasteiger partial charge in [0, 0.05) is 38.4 Å². The van der Waals surface area contributed by atoms with E-state index in [1.54, 1.807) is 18.3 Å². The number of piperidine rings is 1. The highest BCUT2D eigenvalue weighted by atomic mass is 32.2. The SMILES string of the molecule is CNS(=O)(=O)N1CCC(F)(Cc2ccccn2)CC1. The largest absolute Gasteiger partial charge is 0.279 e. The average molecular weight is 287 g/mol. The van der Waals surface area contributed by atoms with Gasteiger partial charge in [-0.15, -0.1) is 0 Å². The number of aromatic nitrogens is 1. The van der Waals surface area contributed by atoms with Gasteiger partial charge in [0.25, 0.3) is 10.2 Å². The van der Waals surface area contributed by atoms with Crippen LogP contribution in [0, 0.1) is 0 Å². The van der Waals surface area contributed by atoms with Gasteiger partial charge in [-0.3, -0.25) is 4.98 Å². The van der Waals surface area contributed by atoms with E-state index >= 15 is 0 Å². The van der Waals surface area contributed by atoms with Gasteiger partial charge in [0.1, 0.15) is 5.67 Å². The number of nitrogens with one attached hydrogen (secondary N) is 1. The molecule has 0 atom stereocenters. The zero-order valence-corrected chi connectivity index (χ0v) is 11.7. The lowest BCUT2D eigenvalue weighted by Gasteiger charge is -2.35. The second kappa shape index (κ2) is 5.52. The van der Waals surface area contributed by atoms with Crippen LogP contribution >= 0.6 is 0 Å². The summed E-state index contributed by atoms with van der Waals surface area (Å²) in [6.07, 6.45) is 2.27. The van der Waals surface area contributed by atoms with E-state index in [-0.39, 0.29) is 32.4 Å². The fraction of sp³-hybridized carbons (Fsp3) is 0.583. The van der Waals surface area contributed by atoms with Crippen molar-refractivity contribution < 1.29 is 12.8 Å². The Morgan fingerprint density at radius 1 is 1.42 bits per heavy atom. The Hall–Kier alpha value is -1.05. The maximum atomic E-state index is 14.6. The van der Waals surface area contributed by atoms with E-state index in [2.05, 4.69) is 9.71 Å². The zero-order valence-electron chi connectivity index (χ0n) is 10.8. The van der Waals surface area contributed by atoms with Gasteiger partial charge in [-0.05, 0) is 25.0 Å². The van der Waals surface area contributed by atoms with E-state index in [0.717, 1.165) is 0 Å². The lowest BCUT2D eigenvalue weighted by Crippen LogP contribution is -2.48. The average Bonchev–Trinajstić information content (AvgIpc) is 2.40. The van der Waals surface area contributed by atoms with Crippen molar-refractivity contribution in [3.05, 3.63) is 30.1 Å².